The van der Waals surface area contributed by atoms with Crippen molar-refractivity contribution in [2.75, 3.05) is 16.8 Å². The van der Waals surface area contributed by atoms with E-state index in [0.717, 1.165) is 17.3 Å². The first-order valence-electron chi connectivity index (χ1n) is 4.70. The van der Waals surface area contributed by atoms with Crippen molar-refractivity contribution >= 4 is 40.9 Å². The predicted molar refractivity (Wildman–Crippen MR) is 67.6 cm³/mol. The Balaban J connectivity index is 2.50. The number of pyridine rings is 1. The minimum absolute atomic E-state index is 0.0660. The first-order chi connectivity index (χ1) is 7.99. The monoisotopic (exact) mass is 274 g/mol. The zero-order valence-corrected chi connectivity index (χ0v) is 10.6. The second kappa shape index (κ2) is 6.46. The Morgan fingerprint density at radius 3 is 2.88 bits per heavy atom. The topological polar surface area (TPSA) is 79.3 Å². The Kier molecular flexibility index (Phi) is 5.24. The standard InChI is InChI=1S/C10H11ClN2O3S/c1-6-2-7(10(11)12-3-6)13-8(14)4-17-5-9(15)16/h2-3H,4-5H2,1H3,(H,13,14)(H,15,16). The number of aliphatic carboxylic acids is 1. The highest BCUT2D eigenvalue weighted by atomic mass is 35.5. The van der Waals surface area contributed by atoms with Crippen LogP contribution < -0.4 is 5.32 Å². The maximum absolute atomic E-state index is 11.4. The molecule has 1 rings (SSSR count). The lowest BCUT2D eigenvalue weighted by atomic mass is 10.3. The maximum atomic E-state index is 11.4. The van der Waals surface area contributed by atoms with Gasteiger partial charge in [0.1, 0.15) is 0 Å². The molecular weight excluding hydrogens is 264 g/mol. The van der Waals surface area contributed by atoms with Gasteiger partial charge in [-0.3, -0.25) is 9.59 Å². The van der Waals surface area contributed by atoms with E-state index in [1.54, 1.807) is 12.3 Å². The van der Waals surface area contributed by atoms with E-state index in [1.807, 2.05) is 6.92 Å². The number of rotatable bonds is 5. The van der Waals surface area contributed by atoms with Crippen molar-refractivity contribution in [3.05, 3.63) is 23.0 Å². The summed E-state index contributed by atoms with van der Waals surface area (Å²) < 4.78 is 0. The van der Waals surface area contributed by atoms with Gasteiger partial charge < -0.3 is 10.4 Å². The van der Waals surface area contributed by atoms with Crippen LogP contribution in [0.1, 0.15) is 5.56 Å². The van der Waals surface area contributed by atoms with E-state index >= 15 is 0 Å². The number of hydrogen-bond donors (Lipinski definition) is 2. The van der Waals surface area contributed by atoms with E-state index in [0.29, 0.717) is 5.69 Å². The number of carbonyl (C=O) groups is 2. The molecule has 0 saturated carbocycles. The summed E-state index contributed by atoms with van der Waals surface area (Å²) in [6.07, 6.45) is 1.59. The molecule has 0 spiro atoms. The van der Waals surface area contributed by atoms with E-state index in [9.17, 15) is 9.59 Å². The molecule has 0 aliphatic carbocycles. The van der Waals surface area contributed by atoms with Crippen LogP contribution in [0.2, 0.25) is 5.15 Å². The van der Waals surface area contributed by atoms with E-state index < -0.39 is 5.97 Å². The smallest absolute Gasteiger partial charge is 0.313 e. The van der Waals surface area contributed by atoms with Crippen molar-refractivity contribution in [3.63, 3.8) is 0 Å². The zero-order chi connectivity index (χ0) is 12.8. The summed E-state index contributed by atoms with van der Waals surface area (Å²) in [6.45, 7) is 1.83. The lowest BCUT2D eigenvalue weighted by Gasteiger charge is -2.06. The average Bonchev–Trinajstić information content (AvgIpc) is 2.23. The number of aromatic nitrogens is 1. The fourth-order valence-corrected chi connectivity index (χ4v) is 1.74. The second-order valence-electron chi connectivity index (χ2n) is 3.29. The summed E-state index contributed by atoms with van der Waals surface area (Å²) in [5, 5.41) is 11.2. The van der Waals surface area contributed by atoms with Crippen molar-refractivity contribution in [2.45, 2.75) is 6.92 Å². The third kappa shape index (κ3) is 5.06. The van der Waals surface area contributed by atoms with Gasteiger partial charge in [0.25, 0.3) is 0 Å². The molecule has 0 aromatic carbocycles. The molecular formula is C10H11ClN2O3S. The number of carboxylic acid groups (broad SMARTS) is 1. The number of carbonyl (C=O) groups excluding carboxylic acids is 1. The molecule has 0 atom stereocenters. The Morgan fingerprint density at radius 1 is 1.53 bits per heavy atom. The molecule has 0 aliphatic heterocycles. The van der Waals surface area contributed by atoms with Gasteiger partial charge in [0, 0.05) is 6.20 Å². The van der Waals surface area contributed by atoms with Gasteiger partial charge >= 0.3 is 5.97 Å². The lowest BCUT2D eigenvalue weighted by Crippen LogP contribution is -2.16. The third-order valence-corrected chi connectivity index (χ3v) is 2.93. The molecule has 17 heavy (non-hydrogen) atoms. The van der Waals surface area contributed by atoms with Gasteiger partial charge in [0.05, 0.1) is 17.2 Å². The second-order valence-corrected chi connectivity index (χ2v) is 4.63. The molecule has 0 aliphatic rings. The fraction of sp³-hybridized carbons (Fsp3) is 0.300. The molecule has 1 aromatic heterocycles. The lowest BCUT2D eigenvalue weighted by molar-refractivity contribution is -0.133. The van der Waals surface area contributed by atoms with Crippen LogP contribution in [0.5, 0.6) is 0 Å². The molecule has 0 radical (unpaired) electrons. The number of carboxylic acids is 1. The number of anilines is 1. The summed E-state index contributed by atoms with van der Waals surface area (Å²) in [5.41, 5.74) is 1.32. The quantitative estimate of drug-likeness (QED) is 0.801. The fourth-order valence-electron chi connectivity index (χ4n) is 1.06. The molecule has 5 nitrogen and oxygen atoms in total. The largest absolute Gasteiger partial charge is 0.481 e. The summed E-state index contributed by atoms with van der Waals surface area (Å²) >= 11 is 6.82. The van der Waals surface area contributed by atoms with Crippen LogP contribution in [-0.4, -0.2) is 33.5 Å². The van der Waals surface area contributed by atoms with Gasteiger partial charge in [0.2, 0.25) is 5.91 Å². The molecule has 2 N–H and O–H groups in total. The van der Waals surface area contributed by atoms with Crippen LogP contribution in [0.4, 0.5) is 5.69 Å². The number of halogens is 1. The molecule has 0 bridgehead atoms. The highest BCUT2D eigenvalue weighted by molar-refractivity contribution is 8.00. The summed E-state index contributed by atoms with van der Waals surface area (Å²) in [5.74, 6) is -1.28. The number of nitrogens with one attached hydrogen (secondary N) is 1. The van der Waals surface area contributed by atoms with Crippen LogP contribution in [0, 0.1) is 6.92 Å². The van der Waals surface area contributed by atoms with Gasteiger partial charge in [-0.1, -0.05) is 11.6 Å². The van der Waals surface area contributed by atoms with Crippen molar-refractivity contribution in [2.24, 2.45) is 0 Å². The maximum Gasteiger partial charge on any atom is 0.313 e. The summed E-state index contributed by atoms with van der Waals surface area (Å²) in [6, 6.07) is 1.70. The molecule has 1 amide bonds. The number of hydrogen-bond acceptors (Lipinski definition) is 4. The van der Waals surface area contributed by atoms with Crippen molar-refractivity contribution in [3.8, 4) is 0 Å². The van der Waals surface area contributed by atoms with E-state index in [-0.39, 0.29) is 22.6 Å². The number of aryl methyl sites for hydroxylation is 1. The molecule has 0 unspecified atom stereocenters. The van der Waals surface area contributed by atoms with E-state index in [4.69, 9.17) is 16.7 Å². The van der Waals surface area contributed by atoms with Crippen molar-refractivity contribution in [1.82, 2.24) is 4.98 Å². The summed E-state index contributed by atoms with van der Waals surface area (Å²) in [7, 11) is 0. The number of thioether (sulfide) groups is 1. The molecule has 0 fully saturated rings. The zero-order valence-electron chi connectivity index (χ0n) is 9.07. The van der Waals surface area contributed by atoms with Crippen molar-refractivity contribution < 1.29 is 14.7 Å². The molecule has 7 heteroatoms. The van der Waals surface area contributed by atoms with Crippen LogP contribution >= 0.6 is 23.4 Å². The first kappa shape index (κ1) is 13.8. The Hall–Kier alpha value is -1.27. The predicted octanol–water partition coefficient (Wildman–Crippen LogP) is 1.80. The van der Waals surface area contributed by atoms with Gasteiger partial charge in [0.15, 0.2) is 5.15 Å². The Labute approximate surface area is 108 Å². The molecule has 92 valence electrons. The molecule has 1 heterocycles. The Bertz CT molecular complexity index is 440. The van der Waals surface area contributed by atoms with Gasteiger partial charge in [-0.15, -0.1) is 11.8 Å². The molecule has 0 saturated heterocycles. The number of amides is 1. The minimum Gasteiger partial charge on any atom is -0.481 e. The van der Waals surface area contributed by atoms with Gasteiger partial charge in [-0.05, 0) is 18.6 Å². The minimum atomic E-state index is -0.946. The SMILES string of the molecule is Cc1cnc(Cl)c(NC(=O)CSCC(=O)O)c1. The average molecular weight is 275 g/mol. The van der Waals surface area contributed by atoms with Crippen molar-refractivity contribution in [1.29, 1.82) is 0 Å². The van der Waals surface area contributed by atoms with Crippen LogP contribution in [-0.2, 0) is 9.59 Å². The Morgan fingerprint density at radius 2 is 2.24 bits per heavy atom. The molecule has 1 aromatic rings. The van der Waals surface area contributed by atoms with E-state index in [2.05, 4.69) is 10.3 Å². The normalized spacial score (nSPS) is 10.0. The highest BCUT2D eigenvalue weighted by Gasteiger charge is 2.08. The third-order valence-electron chi connectivity index (χ3n) is 1.71. The van der Waals surface area contributed by atoms with Gasteiger partial charge in [-0.2, -0.15) is 0 Å². The van der Waals surface area contributed by atoms with E-state index in [1.165, 1.54) is 0 Å². The van der Waals surface area contributed by atoms with Crippen LogP contribution in [0.25, 0.3) is 0 Å². The van der Waals surface area contributed by atoms with Crippen LogP contribution in [0.15, 0.2) is 12.3 Å². The highest BCUT2D eigenvalue weighted by Crippen LogP contribution is 2.19. The van der Waals surface area contributed by atoms with Gasteiger partial charge in [-0.25, -0.2) is 4.98 Å². The first-order valence-corrected chi connectivity index (χ1v) is 6.24. The summed E-state index contributed by atoms with van der Waals surface area (Å²) in [4.78, 5) is 25.6. The van der Waals surface area contributed by atoms with Crippen LogP contribution in [0.3, 0.4) is 0 Å². The number of nitrogens with zero attached hydrogens (tertiary/aromatic N) is 1.